The maximum absolute atomic E-state index is 12.9. The summed E-state index contributed by atoms with van der Waals surface area (Å²) in [7, 11) is 0. The molecule has 140 valence electrons. The third-order valence-electron chi connectivity index (χ3n) is 5.91. The average molecular weight is 359 g/mol. The zero-order valence-corrected chi connectivity index (χ0v) is 15.1. The molecule has 3 fully saturated rings. The maximum atomic E-state index is 12.9. The van der Waals surface area contributed by atoms with E-state index in [1.54, 1.807) is 0 Å². The van der Waals surface area contributed by atoms with Gasteiger partial charge in [0.15, 0.2) is 5.82 Å². The first kappa shape index (κ1) is 17.4. The summed E-state index contributed by atoms with van der Waals surface area (Å²) in [4.78, 5) is 19.5. The first-order chi connectivity index (χ1) is 12.6. The van der Waals surface area contributed by atoms with E-state index >= 15 is 0 Å². The molecule has 26 heavy (non-hydrogen) atoms. The Kier molecular flexibility index (Phi) is 4.67. The number of ether oxygens (including phenoxy) is 1. The van der Waals surface area contributed by atoms with Gasteiger partial charge in [0.05, 0.1) is 12.6 Å². The number of hydrogen-bond acceptors (Lipinski definition) is 7. The highest BCUT2D eigenvalue weighted by Gasteiger charge is 2.47. The van der Waals surface area contributed by atoms with E-state index in [0.717, 1.165) is 13.1 Å². The molecule has 0 bridgehead atoms. The minimum atomic E-state index is -0.941. The molecule has 4 rings (SSSR count). The molecule has 3 aliphatic rings. The van der Waals surface area contributed by atoms with Gasteiger partial charge in [-0.25, -0.2) is 0 Å². The van der Waals surface area contributed by atoms with E-state index in [0.29, 0.717) is 56.2 Å². The lowest BCUT2D eigenvalue weighted by molar-refractivity contribution is -0.133. The molecule has 0 aromatic carbocycles. The first-order valence-corrected chi connectivity index (χ1v) is 9.41. The van der Waals surface area contributed by atoms with Crippen LogP contribution in [0, 0.1) is 35.5 Å². The van der Waals surface area contributed by atoms with Crippen molar-refractivity contribution in [2.24, 2.45) is 17.3 Å². The van der Waals surface area contributed by atoms with Crippen LogP contribution in [0.25, 0.3) is 0 Å². The minimum absolute atomic E-state index is 0.0760. The van der Waals surface area contributed by atoms with Crippen molar-refractivity contribution in [2.45, 2.75) is 45.2 Å². The molecule has 1 amide bonds. The highest BCUT2D eigenvalue weighted by molar-refractivity contribution is 5.85. The Morgan fingerprint density at radius 1 is 1.38 bits per heavy atom. The van der Waals surface area contributed by atoms with Gasteiger partial charge in [-0.2, -0.15) is 10.2 Å². The number of hydrogen-bond donors (Lipinski definition) is 1. The molecule has 0 spiro atoms. The smallest absolute Gasteiger partial charge is 0.240 e. The van der Waals surface area contributed by atoms with Gasteiger partial charge in [0.25, 0.3) is 0 Å². The van der Waals surface area contributed by atoms with Crippen LogP contribution in [0.1, 0.15) is 37.4 Å². The summed E-state index contributed by atoms with van der Waals surface area (Å²) in [6.45, 7) is 5.03. The van der Waals surface area contributed by atoms with Crippen LogP contribution in [0.5, 0.6) is 0 Å². The quantitative estimate of drug-likeness (QED) is 0.837. The second kappa shape index (κ2) is 6.97. The van der Waals surface area contributed by atoms with Gasteiger partial charge in [0.2, 0.25) is 11.8 Å². The predicted molar refractivity (Wildman–Crippen MR) is 90.6 cm³/mol. The van der Waals surface area contributed by atoms with Crippen LogP contribution >= 0.6 is 0 Å². The van der Waals surface area contributed by atoms with Gasteiger partial charge in [-0.1, -0.05) is 5.16 Å². The number of nitrogens with one attached hydrogen (secondary N) is 1. The van der Waals surface area contributed by atoms with Crippen molar-refractivity contribution in [3.63, 3.8) is 0 Å². The fourth-order valence-electron chi connectivity index (χ4n) is 4.21. The number of nitrogens with zero attached hydrogens (tertiary/aromatic N) is 4. The lowest BCUT2D eigenvalue weighted by Crippen LogP contribution is -2.50. The van der Waals surface area contributed by atoms with Crippen molar-refractivity contribution >= 4 is 5.91 Å². The summed E-state index contributed by atoms with van der Waals surface area (Å²) in [6.07, 6.45) is 3.39. The fraction of sp³-hybridized carbons (Fsp3) is 0.778. The third kappa shape index (κ3) is 3.46. The Bertz CT molecular complexity index is 702. The normalized spacial score (nSPS) is 28.6. The van der Waals surface area contributed by atoms with Crippen molar-refractivity contribution in [1.29, 1.82) is 5.26 Å². The van der Waals surface area contributed by atoms with E-state index in [1.165, 1.54) is 12.8 Å². The van der Waals surface area contributed by atoms with E-state index < -0.39 is 5.41 Å². The largest absolute Gasteiger partial charge is 0.381 e. The number of amides is 1. The van der Waals surface area contributed by atoms with Gasteiger partial charge >= 0.3 is 0 Å². The summed E-state index contributed by atoms with van der Waals surface area (Å²) in [5, 5.41) is 16.7. The number of carbonyl (C=O) groups excluding carboxylic acids is 1. The molecule has 8 heteroatoms. The number of likely N-dealkylation sites (tertiary alicyclic amines) is 1. The standard InChI is InChI=1S/C18H25N5O3/c1-12-20-16(26-22-12)10-23-8-14(13-2-3-13)15(9-23)21-17(24)18(11-19)4-6-25-7-5-18/h13-15H,2-10H2,1H3,(H,21,24)/t14-,15+/m1/s1. The lowest BCUT2D eigenvalue weighted by atomic mass is 9.80. The van der Waals surface area contributed by atoms with Crippen molar-refractivity contribution in [1.82, 2.24) is 20.4 Å². The number of aryl methyl sites for hydroxylation is 1. The Morgan fingerprint density at radius 3 is 2.77 bits per heavy atom. The van der Waals surface area contributed by atoms with Crippen LogP contribution < -0.4 is 5.32 Å². The SMILES string of the molecule is Cc1noc(CN2C[C@H](NC(=O)C3(C#N)CCOCC3)[C@@H](C3CC3)C2)n1. The molecular weight excluding hydrogens is 334 g/mol. The highest BCUT2D eigenvalue weighted by atomic mass is 16.5. The molecule has 3 heterocycles. The Labute approximate surface area is 152 Å². The Hall–Kier alpha value is -1.98. The van der Waals surface area contributed by atoms with E-state index in [9.17, 15) is 10.1 Å². The molecule has 1 saturated carbocycles. The minimum Gasteiger partial charge on any atom is -0.381 e. The Morgan fingerprint density at radius 2 is 2.15 bits per heavy atom. The lowest BCUT2D eigenvalue weighted by Gasteiger charge is -2.31. The van der Waals surface area contributed by atoms with E-state index in [-0.39, 0.29) is 11.9 Å². The average Bonchev–Trinajstić information content (AvgIpc) is 3.31. The molecular formula is C18H25N5O3. The van der Waals surface area contributed by atoms with Gasteiger partial charge in [0, 0.05) is 32.3 Å². The van der Waals surface area contributed by atoms with Crippen molar-refractivity contribution in [3.8, 4) is 6.07 Å². The van der Waals surface area contributed by atoms with Gasteiger partial charge in [-0.3, -0.25) is 9.69 Å². The second-order valence-corrected chi connectivity index (χ2v) is 7.82. The summed E-state index contributed by atoms with van der Waals surface area (Å²) in [6, 6.07) is 2.34. The van der Waals surface area contributed by atoms with Crippen molar-refractivity contribution in [2.75, 3.05) is 26.3 Å². The zero-order valence-electron chi connectivity index (χ0n) is 15.1. The Balaban J connectivity index is 1.42. The highest BCUT2D eigenvalue weighted by Crippen LogP contribution is 2.42. The fourth-order valence-corrected chi connectivity index (χ4v) is 4.21. The van der Waals surface area contributed by atoms with Crippen molar-refractivity contribution in [3.05, 3.63) is 11.7 Å². The number of aromatic nitrogens is 2. The van der Waals surface area contributed by atoms with E-state index in [4.69, 9.17) is 9.26 Å². The van der Waals surface area contributed by atoms with Gasteiger partial charge in [-0.15, -0.1) is 0 Å². The van der Waals surface area contributed by atoms with Crippen LogP contribution in [0.3, 0.4) is 0 Å². The molecule has 0 unspecified atom stereocenters. The summed E-state index contributed by atoms with van der Waals surface area (Å²) in [5.41, 5.74) is -0.941. The monoisotopic (exact) mass is 359 g/mol. The van der Waals surface area contributed by atoms with Crippen LogP contribution in [-0.2, 0) is 16.1 Å². The number of carbonyl (C=O) groups is 1. The molecule has 2 aliphatic heterocycles. The third-order valence-corrected chi connectivity index (χ3v) is 5.91. The molecule has 1 aliphatic carbocycles. The molecule has 2 saturated heterocycles. The zero-order chi connectivity index (χ0) is 18.1. The predicted octanol–water partition coefficient (Wildman–Crippen LogP) is 1.02. The van der Waals surface area contributed by atoms with Crippen LogP contribution in [0.4, 0.5) is 0 Å². The molecule has 2 atom stereocenters. The van der Waals surface area contributed by atoms with Crippen LogP contribution in [0.2, 0.25) is 0 Å². The van der Waals surface area contributed by atoms with Crippen LogP contribution in [-0.4, -0.2) is 53.3 Å². The van der Waals surface area contributed by atoms with E-state index in [1.807, 2.05) is 6.92 Å². The second-order valence-electron chi connectivity index (χ2n) is 7.82. The molecule has 8 nitrogen and oxygen atoms in total. The van der Waals surface area contributed by atoms with Gasteiger partial charge in [-0.05, 0) is 44.4 Å². The van der Waals surface area contributed by atoms with Crippen molar-refractivity contribution < 1.29 is 14.1 Å². The summed E-state index contributed by atoms with van der Waals surface area (Å²) >= 11 is 0. The topological polar surface area (TPSA) is 104 Å². The van der Waals surface area contributed by atoms with Crippen LogP contribution in [0.15, 0.2) is 4.52 Å². The van der Waals surface area contributed by atoms with Gasteiger partial charge in [0.1, 0.15) is 5.41 Å². The molecule has 1 aromatic heterocycles. The molecule has 0 radical (unpaired) electrons. The first-order valence-electron chi connectivity index (χ1n) is 9.41. The number of nitriles is 1. The maximum Gasteiger partial charge on any atom is 0.240 e. The molecule has 1 N–H and O–H groups in total. The van der Waals surface area contributed by atoms with Gasteiger partial charge < -0.3 is 14.6 Å². The molecule has 1 aromatic rings. The number of rotatable bonds is 5. The summed E-state index contributed by atoms with van der Waals surface area (Å²) in [5.74, 6) is 2.22. The van der Waals surface area contributed by atoms with E-state index in [2.05, 4.69) is 26.4 Å². The summed E-state index contributed by atoms with van der Waals surface area (Å²) < 4.78 is 10.6.